The molecule has 0 saturated carbocycles. The Morgan fingerprint density at radius 1 is 1.24 bits per heavy atom. The van der Waals surface area contributed by atoms with E-state index >= 15 is 0 Å². The molecule has 1 aromatic rings. The molecule has 7 heteroatoms. The Morgan fingerprint density at radius 3 is 2.38 bits per heavy atom. The van der Waals surface area contributed by atoms with E-state index in [1.165, 1.54) is 0 Å². The third-order valence-electron chi connectivity index (χ3n) is 3.15. The minimum atomic E-state index is -0.309. The quantitative estimate of drug-likeness (QED) is 0.832. The molecule has 2 heterocycles. The van der Waals surface area contributed by atoms with Gasteiger partial charge in [-0.25, -0.2) is 4.79 Å². The molecule has 0 unspecified atom stereocenters. The Morgan fingerprint density at radius 2 is 1.86 bits per heavy atom. The van der Waals surface area contributed by atoms with Crippen molar-refractivity contribution in [3.8, 4) is 0 Å². The largest absolute Gasteiger partial charge is 0.449 e. The Balaban J connectivity index is 1.83. The summed E-state index contributed by atoms with van der Waals surface area (Å²) in [4.78, 5) is 27.3. The van der Waals surface area contributed by atoms with Gasteiger partial charge in [-0.2, -0.15) is 0 Å². The van der Waals surface area contributed by atoms with Crippen LogP contribution in [0.3, 0.4) is 0 Å². The summed E-state index contributed by atoms with van der Waals surface area (Å²) in [5.41, 5.74) is 0. The summed E-state index contributed by atoms with van der Waals surface area (Å²) in [6, 6.07) is 3.32. The van der Waals surface area contributed by atoms with Gasteiger partial charge in [0, 0.05) is 26.2 Å². The van der Waals surface area contributed by atoms with Crippen molar-refractivity contribution in [2.24, 2.45) is 5.92 Å². The van der Waals surface area contributed by atoms with Crippen molar-refractivity contribution in [3.05, 3.63) is 22.6 Å². The van der Waals surface area contributed by atoms with E-state index in [-0.39, 0.29) is 12.0 Å². The molecular weight excluding hydrogens is 340 g/mol. The van der Waals surface area contributed by atoms with E-state index in [9.17, 15) is 9.59 Å². The lowest BCUT2D eigenvalue weighted by molar-refractivity contribution is 0.0513. The van der Waals surface area contributed by atoms with Crippen LogP contribution in [-0.2, 0) is 4.74 Å². The van der Waals surface area contributed by atoms with Crippen LogP contribution in [0.25, 0.3) is 0 Å². The molecule has 0 N–H and O–H groups in total. The van der Waals surface area contributed by atoms with Gasteiger partial charge in [0.15, 0.2) is 10.4 Å². The molecule has 2 amide bonds. The van der Waals surface area contributed by atoms with Crippen LogP contribution in [0.15, 0.2) is 21.2 Å². The number of hydrogen-bond donors (Lipinski definition) is 0. The average Bonchev–Trinajstić information content (AvgIpc) is 2.90. The number of rotatable bonds is 3. The fraction of sp³-hybridized carbons (Fsp3) is 0.571. The van der Waals surface area contributed by atoms with Gasteiger partial charge in [-0.05, 0) is 34.0 Å². The van der Waals surface area contributed by atoms with Crippen LogP contribution in [0.5, 0.6) is 0 Å². The third-order valence-corrected chi connectivity index (χ3v) is 3.58. The lowest BCUT2D eigenvalue weighted by Crippen LogP contribution is -2.50. The lowest BCUT2D eigenvalue weighted by Gasteiger charge is -2.33. The monoisotopic (exact) mass is 358 g/mol. The van der Waals surface area contributed by atoms with Crippen LogP contribution < -0.4 is 0 Å². The highest BCUT2D eigenvalue weighted by Crippen LogP contribution is 2.17. The van der Waals surface area contributed by atoms with E-state index in [4.69, 9.17) is 9.15 Å². The Hall–Kier alpha value is -1.50. The number of piperazine rings is 1. The topological polar surface area (TPSA) is 63.0 Å². The first-order chi connectivity index (χ1) is 9.97. The molecule has 0 atom stereocenters. The zero-order valence-corrected chi connectivity index (χ0v) is 13.8. The van der Waals surface area contributed by atoms with Crippen molar-refractivity contribution < 1.29 is 18.7 Å². The Kier molecular flexibility index (Phi) is 5.27. The van der Waals surface area contributed by atoms with Crippen molar-refractivity contribution in [1.82, 2.24) is 9.80 Å². The van der Waals surface area contributed by atoms with E-state index in [0.717, 1.165) is 0 Å². The van der Waals surface area contributed by atoms with Crippen molar-refractivity contribution in [1.29, 1.82) is 0 Å². The number of halogens is 1. The summed E-state index contributed by atoms with van der Waals surface area (Å²) in [6.45, 7) is 6.31. The zero-order valence-electron chi connectivity index (χ0n) is 12.2. The molecule has 1 aliphatic rings. The highest BCUT2D eigenvalue weighted by Gasteiger charge is 2.27. The maximum atomic E-state index is 12.2. The van der Waals surface area contributed by atoms with Crippen LogP contribution in [0.1, 0.15) is 24.4 Å². The summed E-state index contributed by atoms with van der Waals surface area (Å²) in [6.07, 6.45) is -0.309. The molecule has 0 aromatic carbocycles. The predicted octanol–water partition coefficient (Wildman–Crippen LogP) is 2.59. The predicted molar refractivity (Wildman–Crippen MR) is 80.1 cm³/mol. The first kappa shape index (κ1) is 15.9. The fourth-order valence-electron chi connectivity index (χ4n) is 2.01. The van der Waals surface area contributed by atoms with Crippen LogP contribution in [-0.4, -0.2) is 54.6 Å². The highest BCUT2D eigenvalue weighted by molar-refractivity contribution is 9.10. The zero-order chi connectivity index (χ0) is 15.4. The summed E-state index contributed by atoms with van der Waals surface area (Å²) in [7, 11) is 0. The van der Waals surface area contributed by atoms with Gasteiger partial charge in [0.2, 0.25) is 0 Å². The van der Waals surface area contributed by atoms with Crippen molar-refractivity contribution in [2.45, 2.75) is 13.8 Å². The van der Waals surface area contributed by atoms with Crippen LogP contribution in [0.4, 0.5) is 4.79 Å². The second-order valence-electron chi connectivity index (χ2n) is 5.35. The number of furan rings is 1. The fourth-order valence-corrected chi connectivity index (χ4v) is 2.31. The van der Waals surface area contributed by atoms with Gasteiger partial charge in [0.25, 0.3) is 5.91 Å². The molecule has 0 bridgehead atoms. The summed E-state index contributed by atoms with van der Waals surface area (Å²) >= 11 is 3.18. The molecule has 0 aliphatic carbocycles. The lowest BCUT2D eigenvalue weighted by atomic mass is 10.2. The minimum Gasteiger partial charge on any atom is -0.449 e. The molecule has 6 nitrogen and oxygen atoms in total. The Bertz CT molecular complexity index is 507. The maximum absolute atomic E-state index is 12.2. The normalized spacial score (nSPS) is 15.4. The van der Waals surface area contributed by atoms with E-state index in [1.807, 2.05) is 13.8 Å². The molecule has 1 saturated heterocycles. The smallest absolute Gasteiger partial charge is 0.409 e. The van der Waals surface area contributed by atoms with Gasteiger partial charge in [-0.3, -0.25) is 4.79 Å². The summed E-state index contributed by atoms with van der Waals surface area (Å²) in [5.74, 6) is 0.461. The standard InChI is InChI=1S/C14H19BrN2O4/c1-10(2)9-20-14(19)17-7-5-16(6-8-17)13(18)11-3-4-12(15)21-11/h3-4,10H,5-9H2,1-2H3. The second-order valence-corrected chi connectivity index (χ2v) is 6.14. The number of nitrogens with zero attached hydrogens (tertiary/aromatic N) is 2. The van der Waals surface area contributed by atoms with Crippen molar-refractivity contribution in [3.63, 3.8) is 0 Å². The van der Waals surface area contributed by atoms with Gasteiger partial charge in [0.05, 0.1) is 6.61 Å². The van der Waals surface area contributed by atoms with E-state index < -0.39 is 0 Å². The summed E-state index contributed by atoms with van der Waals surface area (Å²) < 4.78 is 11.0. The van der Waals surface area contributed by atoms with Crippen LogP contribution >= 0.6 is 15.9 Å². The number of hydrogen-bond acceptors (Lipinski definition) is 4. The van der Waals surface area contributed by atoms with Gasteiger partial charge < -0.3 is 19.0 Å². The number of carbonyl (C=O) groups excluding carboxylic acids is 2. The van der Waals surface area contributed by atoms with E-state index in [0.29, 0.717) is 49.1 Å². The first-order valence-corrected chi connectivity index (χ1v) is 7.73. The molecule has 0 radical (unpaired) electrons. The van der Waals surface area contributed by atoms with Gasteiger partial charge in [-0.15, -0.1) is 0 Å². The van der Waals surface area contributed by atoms with Crippen molar-refractivity contribution in [2.75, 3.05) is 32.8 Å². The summed E-state index contributed by atoms with van der Waals surface area (Å²) in [5, 5.41) is 0. The van der Waals surface area contributed by atoms with Gasteiger partial charge in [0.1, 0.15) is 0 Å². The number of amides is 2. The number of carbonyl (C=O) groups is 2. The molecule has 1 fully saturated rings. The molecule has 21 heavy (non-hydrogen) atoms. The minimum absolute atomic E-state index is 0.157. The highest BCUT2D eigenvalue weighted by atomic mass is 79.9. The molecule has 0 spiro atoms. The van der Waals surface area contributed by atoms with Crippen LogP contribution in [0.2, 0.25) is 0 Å². The maximum Gasteiger partial charge on any atom is 0.409 e. The van der Waals surface area contributed by atoms with E-state index in [1.54, 1.807) is 21.9 Å². The van der Waals surface area contributed by atoms with Crippen LogP contribution in [0, 0.1) is 5.92 Å². The first-order valence-electron chi connectivity index (χ1n) is 6.93. The van der Waals surface area contributed by atoms with Gasteiger partial charge in [-0.1, -0.05) is 13.8 Å². The molecule has 2 rings (SSSR count). The van der Waals surface area contributed by atoms with E-state index in [2.05, 4.69) is 15.9 Å². The average molecular weight is 359 g/mol. The molecule has 116 valence electrons. The van der Waals surface area contributed by atoms with Crippen molar-refractivity contribution >= 4 is 27.9 Å². The molecule has 1 aromatic heterocycles. The van der Waals surface area contributed by atoms with Gasteiger partial charge >= 0.3 is 6.09 Å². The molecule has 1 aliphatic heterocycles. The molecular formula is C14H19BrN2O4. The third kappa shape index (κ3) is 4.23. The SMILES string of the molecule is CC(C)COC(=O)N1CCN(C(=O)c2ccc(Br)o2)CC1. The Labute approximate surface area is 132 Å². The number of ether oxygens (including phenoxy) is 1. The second kappa shape index (κ2) is 6.98.